The van der Waals surface area contributed by atoms with E-state index in [9.17, 15) is 9.18 Å². The number of halogens is 3. The van der Waals surface area contributed by atoms with Crippen LogP contribution < -0.4 is 0 Å². The van der Waals surface area contributed by atoms with Crippen molar-refractivity contribution in [2.24, 2.45) is 0 Å². The molecule has 1 aromatic carbocycles. The first kappa shape index (κ1) is 10.5. The molecule has 0 aliphatic heterocycles. The molecule has 70 valence electrons. The summed E-state index contributed by atoms with van der Waals surface area (Å²) in [6.07, 6.45) is -2.09. The summed E-state index contributed by atoms with van der Waals surface area (Å²) in [7, 11) is 0. The third-order valence-electron chi connectivity index (χ3n) is 1.47. The number of carbonyl (C=O) groups is 1. The number of hydrogen-bond acceptors (Lipinski definition) is 1. The number of carboxylic acid groups (broad SMARTS) is 1. The van der Waals surface area contributed by atoms with E-state index in [4.69, 9.17) is 16.7 Å². The zero-order valence-corrected chi connectivity index (χ0v) is 8.64. The molecule has 1 atom stereocenters. The zero-order chi connectivity index (χ0) is 10.0. The molecule has 0 aliphatic rings. The van der Waals surface area contributed by atoms with Crippen molar-refractivity contribution in [2.45, 2.75) is 6.17 Å². The molecule has 0 aliphatic carbocycles. The second kappa shape index (κ2) is 4.07. The van der Waals surface area contributed by atoms with Crippen molar-refractivity contribution in [1.29, 1.82) is 0 Å². The van der Waals surface area contributed by atoms with Crippen LogP contribution in [0.3, 0.4) is 0 Å². The highest BCUT2D eigenvalue weighted by molar-refractivity contribution is 9.10. The quantitative estimate of drug-likeness (QED) is 0.893. The van der Waals surface area contributed by atoms with E-state index in [2.05, 4.69) is 15.9 Å². The van der Waals surface area contributed by atoms with Crippen molar-refractivity contribution < 1.29 is 14.3 Å². The molecule has 0 radical (unpaired) electrons. The average molecular weight is 267 g/mol. The van der Waals surface area contributed by atoms with Crippen LogP contribution in [0, 0.1) is 0 Å². The Hall–Kier alpha value is -0.610. The molecule has 1 rings (SSSR count). The highest BCUT2D eigenvalue weighted by Crippen LogP contribution is 2.32. The van der Waals surface area contributed by atoms with Gasteiger partial charge in [0.25, 0.3) is 0 Å². The lowest BCUT2D eigenvalue weighted by atomic mass is 10.1. The fourth-order valence-corrected chi connectivity index (χ4v) is 1.83. The largest absolute Gasteiger partial charge is 0.479 e. The summed E-state index contributed by atoms with van der Waals surface area (Å²) < 4.78 is 13.4. The third kappa shape index (κ3) is 2.19. The molecular weight excluding hydrogens is 262 g/mol. The van der Waals surface area contributed by atoms with Crippen LogP contribution >= 0.6 is 27.5 Å². The number of alkyl halides is 1. The van der Waals surface area contributed by atoms with Gasteiger partial charge in [-0.05, 0) is 12.1 Å². The van der Waals surface area contributed by atoms with Gasteiger partial charge < -0.3 is 5.11 Å². The Balaban J connectivity index is 3.20. The Labute approximate surface area is 87.5 Å². The smallest absolute Gasteiger partial charge is 0.343 e. The summed E-state index contributed by atoms with van der Waals surface area (Å²) in [5, 5.41) is 8.53. The fourth-order valence-electron chi connectivity index (χ4n) is 0.876. The molecule has 2 nitrogen and oxygen atoms in total. The topological polar surface area (TPSA) is 37.3 Å². The van der Waals surface area contributed by atoms with Gasteiger partial charge in [-0.25, -0.2) is 9.18 Å². The molecule has 13 heavy (non-hydrogen) atoms. The van der Waals surface area contributed by atoms with Gasteiger partial charge in [0, 0.05) is 15.1 Å². The molecule has 1 unspecified atom stereocenters. The molecule has 1 N–H and O–H groups in total. The maximum absolute atomic E-state index is 13.1. The summed E-state index contributed by atoms with van der Waals surface area (Å²) in [5.41, 5.74) is -0.0448. The lowest BCUT2D eigenvalue weighted by Gasteiger charge is -2.07. The van der Waals surface area contributed by atoms with E-state index in [-0.39, 0.29) is 10.6 Å². The van der Waals surface area contributed by atoms with Crippen LogP contribution in [-0.2, 0) is 4.79 Å². The van der Waals surface area contributed by atoms with Crippen LogP contribution in [0.2, 0.25) is 5.02 Å². The van der Waals surface area contributed by atoms with Crippen LogP contribution in [0.5, 0.6) is 0 Å². The van der Waals surface area contributed by atoms with Crippen LogP contribution in [-0.4, -0.2) is 11.1 Å². The summed E-state index contributed by atoms with van der Waals surface area (Å²) >= 11 is 8.66. The number of hydrogen-bond donors (Lipinski definition) is 1. The molecule has 0 aromatic heterocycles. The number of rotatable bonds is 2. The van der Waals surface area contributed by atoms with Gasteiger partial charge in [-0.2, -0.15) is 0 Å². The molecule has 0 amide bonds. The van der Waals surface area contributed by atoms with Crippen molar-refractivity contribution in [3.05, 3.63) is 33.3 Å². The molecule has 0 heterocycles. The van der Waals surface area contributed by atoms with Crippen LogP contribution in [0.15, 0.2) is 22.7 Å². The number of carboxylic acids is 1. The monoisotopic (exact) mass is 266 g/mol. The van der Waals surface area contributed by atoms with Gasteiger partial charge in [-0.3, -0.25) is 0 Å². The van der Waals surface area contributed by atoms with Crippen LogP contribution in [0.1, 0.15) is 11.7 Å². The fraction of sp³-hybridized carbons (Fsp3) is 0.125. The van der Waals surface area contributed by atoms with Gasteiger partial charge >= 0.3 is 5.97 Å². The standard InChI is InChI=1S/C8H5BrClFO2/c9-4-2-1-3-5(10)6(4)7(11)8(12)13/h1-3,7H,(H,12,13). The summed E-state index contributed by atoms with van der Waals surface area (Å²) in [6, 6.07) is 4.58. The maximum Gasteiger partial charge on any atom is 0.343 e. The Bertz CT molecular complexity index is 323. The van der Waals surface area contributed by atoms with Crippen molar-refractivity contribution in [1.82, 2.24) is 0 Å². The minimum Gasteiger partial charge on any atom is -0.479 e. The van der Waals surface area contributed by atoms with Crippen molar-refractivity contribution in [3.8, 4) is 0 Å². The lowest BCUT2D eigenvalue weighted by molar-refractivity contribution is -0.143. The van der Waals surface area contributed by atoms with Gasteiger partial charge in [-0.15, -0.1) is 0 Å². The molecule has 0 fully saturated rings. The predicted molar refractivity (Wildman–Crippen MR) is 50.6 cm³/mol. The van der Waals surface area contributed by atoms with E-state index in [0.717, 1.165) is 0 Å². The second-order valence-corrected chi connectivity index (χ2v) is 3.60. The molecule has 0 saturated heterocycles. The Kier molecular flexibility index (Phi) is 3.27. The second-order valence-electron chi connectivity index (χ2n) is 2.34. The van der Waals surface area contributed by atoms with Gasteiger partial charge in [0.1, 0.15) is 0 Å². The molecule has 0 bridgehead atoms. The van der Waals surface area contributed by atoms with E-state index in [1.165, 1.54) is 12.1 Å². The van der Waals surface area contributed by atoms with Gasteiger partial charge in [0.15, 0.2) is 0 Å². The average Bonchev–Trinajstić information content (AvgIpc) is 2.03. The SMILES string of the molecule is O=C(O)C(F)c1c(Cl)cccc1Br. The van der Waals surface area contributed by atoms with Crippen LogP contribution in [0.25, 0.3) is 0 Å². The van der Waals surface area contributed by atoms with E-state index >= 15 is 0 Å². The van der Waals surface area contributed by atoms with Gasteiger partial charge in [-0.1, -0.05) is 33.6 Å². The first-order valence-corrected chi connectivity index (χ1v) is 4.52. The zero-order valence-electron chi connectivity index (χ0n) is 6.30. The van der Waals surface area contributed by atoms with Crippen LogP contribution in [0.4, 0.5) is 4.39 Å². The normalized spacial score (nSPS) is 12.5. The van der Waals surface area contributed by atoms with Crippen molar-refractivity contribution in [2.75, 3.05) is 0 Å². The highest BCUT2D eigenvalue weighted by atomic mass is 79.9. The molecular formula is C8H5BrClFO2. The van der Waals surface area contributed by atoms with Gasteiger partial charge in [0.05, 0.1) is 0 Å². The first-order valence-electron chi connectivity index (χ1n) is 3.35. The van der Waals surface area contributed by atoms with Gasteiger partial charge in [0.2, 0.25) is 6.17 Å². The molecule has 1 aromatic rings. The molecule has 0 saturated carbocycles. The third-order valence-corrected chi connectivity index (χ3v) is 2.49. The lowest BCUT2D eigenvalue weighted by Crippen LogP contribution is -2.07. The number of aliphatic carboxylic acids is 1. The molecule has 0 spiro atoms. The maximum atomic E-state index is 13.1. The molecule has 5 heteroatoms. The highest BCUT2D eigenvalue weighted by Gasteiger charge is 2.23. The summed E-state index contributed by atoms with van der Waals surface area (Å²) in [5.74, 6) is -1.55. The van der Waals surface area contributed by atoms with Crippen molar-refractivity contribution >= 4 is 33.5 Å². The Morgan fingerprint density at radius 3 is 2.69 bits per heavy atom. The predicted octanol–water partition coefficient (Wildman–Crippen LogP) is 3.20. The van der Waals surface area contributed by atoms with E-state index in [0.29, 0.717) is 4.47 Å². The first-order chi connectivity index (χ1) is 6.04. The summed E-state index contributed by atoms with van der Waals surface area (Å²) in [4.78, 5) is 10.3. The van der Waals surface area contributed by atoms with E-state index in [1.807, 2.05) is 0 Å². The summed E-state index contributed by atoms with van der Waals surface area (Å²) in [6.45, 7) is 0. The van der Waals surface area contributed by atoms with E-state index < -0.39 is 12.1 Å². The van der Waals surface area contributed by atoms with Crippen molar-refractivity contribution in [3.63, 3.8) is 0 Å². The number of benzene rings is 1. The Morgan fingerprint density at radius 1 is 1.62 bits per heavy atom. The minimum atomic E-state index is -2.09. The van der Waals surface area contributed by atoms with E-state index in [1.54, 1.807) is 6.07 Å². The minimum absolute atomic E-state index is 0.0448. The Morgan fingerprint density at radius 2 is 2.23 bits per heavy atom.